The van der Waals surface area contributed by atoms with Crippen LogP contribution in [-0.4, -0.2) is 18.9 Å². The molecule has 0 fully saturated rings. The molecule has 2 rings (SSSR count). The van der Waals surface area contributed by atoms with Gasteiger partial charge >= 0.3 is 0 Å². The molecule has 0 saturated heterocycles. The van der Waals surface area contributed by atoms with Crippen molar-refractivity contribution in [1.29, 1.82) is 0 Å². The second-order valence-corrected chi connectivity index (χ2v) is 4.76. The Bertz CT molecular complexity index is 335. The molecule has 1 atom stereocenters. The van der Waals surface area contributed by atoms with E-state index in [2.05, 4.69) is 53.0 Å². The van der Waals surface area contributed by atoms with Crippen LogP contribution in [0.25, 0.3) is 0 Å². The summed E-state index contributed by atoms with van der Waals surface area (Å²) >= 11 is 3.53. The number of likely N-dealkylation sites (N-methyl/N-ethyl adjacent to an activating group) is 1. The summed E-state index contributed by atoms with van der Waals surface area (Å²) in [5.74, 6) is 0.617. The van der Waals surface area contributed by atoms with Gasteiger partial charge in [0.2, 0.25) is 0 Å². The Morgan fingerprint density at radius 3 is 3.00 bits per heavy atom. The zero-order chi connectivity index (χ0) is 10.1. The molecule has 1 aliphatic heterocycles. The second-order valence-electron chi connectivity index (χ2n) is 4.12. The molecule has 1 unspecified atom stereocenters. The lowest BCUT2D eigenvalue weighted by Gasteiger charge is -2.14. The minimum absolute atomic E-state index is 0.617. The van der Waals surface area contributed by atoms with Crippen LogP contribution in [-0.2, 0) is 6.42 Å². The first-order valence-electron chi connectivity index (χ1n) is 5.12. The van der Waals surface area contributed by atoms with Crippen molar-refractivity contribution in [2.75, 3.05) is 23.8 Å². The maximum absolute atomic E-state index is 3.53. The van der Waals surface area contributed by atoms with Gasteiger partial charge in [0, 0.05) is 24.6 Å². The number of halogens is 1. The summed E-state index contributed by atoms with van der Waals surface area (Å²) in [6.45, 7) is 3.43. The molecule has 0 aliphatic carbocycles. The van der Waals surface area contributed by atoms with Crippen LogP contribution in [0.2, 0.25) is 0 Å². The third kappa shape index (κ3) is 1.68. The minimum Gasteiger partial charge on any atom is -0.374 e. The van der Waals surface area contributed by atoms with Gasteiger partial charge in [-0.05, 0) is 29.5 Å². The summed E-state index contributed by atoms with van der Waals surface area (Å²) in [4.78, 5) is 2.33. The molecule has 0 bridgehead atoms. The van der Waals surface area contributed by atoms with Crippen molar-refractivity contribution in [3.63, 3.8) is 0 Å². The molecule has 14 heavy (non-hydrogen) atoms. The van der Waals surface area contributed by atoms with E-state index in [9.17, 15) is 0 Å². The Kier molecular flexibility index (Phi) is 2.82. The molecule has 0 spiro atoms. The molecule has 1 aliphatic rings. The zero-order valence-electron chi connectivity index (χ0n) is 8.76. The lowest BCUT2D eigenvalue weighted by atomic mass is 10.00. The molecule has 76 valence electrons. The predicted molar refractivity (Wildman–Crippen MR) is 65.6 cm³/mol. The first-order valence-corrected chi connectivity index (χ1v) is 6.24. The van der Waals surface area contributed by atoms with Crippen molar-refractivity contribution in [3.8, 4) is 0 Å². The summed E-state index contributed by atoms with van der Waals surface area (Å²) in [5, 5.41) is 1.04. The maximum atomic E-state index is 3.53. The molecular weight excluding hydrogens is 238 g/mol. The number of hydrogen-bond acceptors (Lipinski definition) is 1. The molecule has 1 heterocycles. The fraction of sp³-hybridized carbons (Fsp3) is 0.500. The minimum atomic E-state index is 0.617. The van der Waals surface area contributed by atoms with E-state index in [1.54, 1.807) is 0 Å². The summed E-state index contributed by atoms with van der Waals surface area (Å²) in [5.41, 5.74) is 4.38. The Balaban J connectivity index is 2.32. The van der Waals surface area contributed by atoms with E-state index >= 15 is 0 Å². The standard InChI is InChI=1S/C12H16BrN/c1-9(8-13)10-3-4-12-11(7-10)5-6-14(12)2/h3-4,7,9H,5-6,8H2,1-2H3. The highest BCUT2D eigenvalue weighted by Crippen LogP contribution is 2.30. The Hall–Kier alpha value is -0.500. The molecule has 1 aromatic rings. The van der Waals surface area contributed by atoms with Crippen LogP contribution < -0.4 is 4.90 Å². The molecule has 2 heteroatoms. The predicted octanol–water partition coefficient (Wildman–Crippen LogP) is 3.18. The normalized spacial score (nSPS) is 16.9. The summed E-state index contributed by atoms with van der Waals surface area (Å²) in [6.07, 6.45) is 1.20. The van der Waals surface area contributed by atoms with E-state index in [-0.39, 0.29) is 0 Å². The lowest BCUT2D eigenvalue weighted by molar-refractivity contribution is 0.885. The van der Waals surface area contributed by atoms with Gasteiger partial charge in [-0.15, -0.1) is 0 Å². The van der Waals surface area contributed by atoms with Gasteiger partial charge in [-0.3, -0.25) is 0 Å². The quantitative estimate of drug-likeness (QED) is 0.733. The number of rotatable bonds is 2. The van der Waals surface area contributed by atoms with Gasteiger partial charge in [-0.25, -0.2) is 0 Å². The largest absolute Gasteiger partial charge is 0.374 e. The van der Waals surface area contributed by atoms with E-state index < -0.39 is 0 Å². The van der Waals surface area contributed by atoms with Crippen molar-refractivity contribution >= 4 is 21.6 Å². The smallest absolute Gasteiger partial charge is 0.0397 e. The fourth-order valence-corrected chi connectivity index (χ4v) is 2.36. The van der Waals surface area contributed by atoms with E-state index in [0.29, 0.717) is 5.92 Å². The lowest BCUT2D eigenvalue weighted by Crippen LogP contribution is -2.12. The number of fused-ring (bicyclic) bond motifs is 1. The number of hydrogen-bond donors (Lipinski definition) is 0. The van der Waals surface area contributed by atoms with Gasteiger partial charge in [0.1, 0.15) is 0 Å². The Morgan fingerprint density at radius 2 is 2.29 bits per heavy atom. The average Bonchev–Trinajstić information content (AvgIpc) is 2.59. The van der Waals surface area contributed by atoms with Crippen molar-refractivity contribution in [2.45, 2.75) is 19.3 Å². The second kappa shape index (κ2) is 3.93. The molecule has 0 saturated carbocycles. The number of nitrogens with zero attached hydrogens (tertiary/aromatic N) is 1. The van der Waals surface area contributed by atoms with E-state index in [1.807, 2.05) is 0 Å². The van der Waals surface area contributed by atoms with Gasteiger partial charge in [-0.2, -0.15) is 0 Å². The summed E-state index contributed by atoms with van der Waals surface area (Å²) in [7, 11) is 2.17. The van der Waals surface area contributed by atoms with Gasteiger partial charge in [0.05, 0.1) is 0 Å². The molecule has 0 radical (unpaired) electrons. The van der Waals surface area contributed by atoms with Gasteiger partial charge in [-0.1, -0.05) is 35.0 Å². The van der Waals surface area contributed by atoms with Crippen LogP contribution in [0.3, 0.4) is 0 Å². The molecule has 0 aromatic heterocycles. The van der Waals surface area contributed by atoms with Crippen LogP contribution in [0.15, 0.2) is 18.2 Å². The first-order chi connectivity index (χ1) is 6.72. The van der Waals surface area contributed by atoms with E-state index in [4.69, 9.17) is 0 Å². The third-order valence-corrected chi connectivity index (χ3v) is 4.00. The Labute approximate surface area is 94.2 Å². The van der Waals surface area contributed by atoms with Gasteiger partial charge < -0.3 is 4.90 Å². The van der Waals surface area contributed by atoms with Crippen molar-refractivity contribution < 1.29 is 0 Å². The monoisotopic (exact) mass is 253 g/mol. The Morgan fingerprint density at radius 1 is 1.50 bits per heavy atom. The summed E-state index contributed by atoms with van der Waals surface area (Å²) in [6, 6.07) is 6.88. The third-order valence-electron chi connectivity index (χ3n) is 3.03. The highest BCUT2D eigenvalue weighted by atomic mass is 79.9. The number of alkyl halides is 1. The van der Waals surface area contributed by atoms with Gasteiger partial charge in [0.25, 0.3) is 0 Å². The van der Waals surface area contributed by atoms with Crippen LogP contribution in [0.5, 0.6) is 0 Å². The molecular formula is C12H16BrN. The maximum Gasteiger partial charge on any atom is 0.0397 e. The van der Waals surface area contributed by atoms with Crippen LogP contribution in [0, 0.1) is 0 Å². The highest BCUT2D eigenvalue weighted by molar-refractivity contribution is 9.09. The molecule has 1 nitrogen and oxygen atoms in total. The fourth-order valence-electron chi connectivity index (χ4n) is 1.98. The van der Waals surface area contributed by atoms with Crippen molar-refractivity contribution in [2.24, 2.45) is 0 Å². The van der Waals surface area contributed by atoms with E-state index in [1.165, 1.54) is 29.8 Å². The number of anilines is 1. The van der Waals surface area contributed by atoms with Crippen LogP contribution >= 0.6 is 15.9 Å². The molecule has 0 N–H and O–H groups in total. The topological polar surface area (TPSA) is 3.24 Å². The molecule has 1 aromatic carbocycles. The van der Waals surface area contributed by atoms with E-state index in [0.717, 1.165) is 5.33 Å². The number of benzene rings is 1. The molecule has 0 amide bonds. The SMILES string of the molecule is CC(CBr)c1ccc2c(c1)CCN2C. The van der Waals surface area contributed by atoms with Crippen molar-refractivity contribution in [3.05, 3.63) is 29.3 Å². The van der Waals surface area contributed by atoms with Gasteiger partial charge in [0.15, 0.2) is 0 Å². The zero-order valence-corrected chi connectivity index (χ0v) is 10.3. The first kappa shape index (κ1) is 10.0. The summed E-state index contributed by atoms with van der Waals surface area (Å²) < 4.78 is 0. The highest BCUT2D eigenvalue weighted by Gasteiger charge is 2.16. The van der Waals surface area contributed by atoms with Crippen molar-refractivity contribution in [1.82, 2.24) is 0 Å². The van der Waals surface area contributed by atoms with Crippen LogP contribution in [0.4, 0.5) is 5.69 Å². The average molecular weight is 254 g/mol. The van der Waals surface area contributed by atoms with Crippen LogP contribution in [0.1, 0.15) is 24.0 Å².